The molecule has 0 aromatic heterocycles. The number of anilines is 2. The van der Waals surface area contributed by atoms with Gasteiger partial charge in [-0.05, 0) is 42.8 Å². The maximum atomic E-state index is 13.2. The third-order valence-corrected chi connectivity index (χ3v) is 5.78. The van der Waals surface area contributed by atoms with Crippen LogP contribution in [-0.4, -0.2) is 30.9 Å². The Labute approximate surface area is 195 Å². The summed E-state index contributed by atoms with van der Waals surface area (Å²) in [6.07, 6.45) is -1.14. The molecule has 0 spiro atoms. The van der Waals surface area contributed by atoms with Crippen molar-refractivity contribution in [3.05, 3.63) is 93.5 Å². The average Bonchev–Trinajstić information content (AvgIpc) is 2.87. The first-order valence-electron chi connectivity index (χ1n) is 9.88. The van der Waals surface area contributed by atoms with Crippen molar-refractivity contribution in [3.8, 4) is 0 Å². The maximum Gasteiger partial charge on any atom is 0.321 e. The summed E-state index contributed by atoms with van der Waals surface area (Å²) < 4.78 is 0. The molecule has 4 rings (SSSR count). The summed E-state index contributed by atoms with van der Waals surface area (Å²) >= 11 is 12.4. The van der Waals surface area contributed by atoms with E-state index in [2.05, 4.69) is 15.6 Å². The monoisotopic (exact) mass is 466 g/mol. The van der Waals surface area contributed by atoms with Crippen molar-refractivity contribution in [1.29, 1.82) is 0 Å². The number of carbonyl (C=O) groups excluding carboxylic acids is 2. The van der Waals surface area contributed by atoms with Gasteiger partial charge >= 0.3 is 6.03 Å². The summed E-state index contributed by atoms with van der Waals surface area (Å²) in [5, 5.41) is 6.42. The number of hydrogen-bond donors (Lipinski definition) is 2. The third-order valence-electron chi connectivity index (χ3n) is 5.14. The van der Waals surface area contributed by atoms with Gasteiger partial charge in [0.15, 0.2) is 0 Å². The zero-order valence-corrected chi connectivity index (χ0v) is 18.9. The lowest BCUT2D eigenvalue weighted by molar-refractivity contribution is -0.119. The molecule has 162 valence electrons. The minimum Gasteiger partial charge on any atom is -0.311 e. The van der Waals surface area contributed by atoms with Crippen LogP contribution in [0.2, 0.25) is 10.0 Å². The molecule has 2 N–H and O–H groups in total. The van der Waals surface area contributed by atoms with Gasteiger partial charge in [0.1, 0.15) is 0 Å². The molecule has 3 aromatic carbocycles. The first-order valence-corrected chi connectivity index (χ1v) is 10.6. The van der Waals surface area contributed by atoms with Gasteiger partial charge in [-0.25, -0.2) is 9.79 Å². The van der Waals surface area contributed by atoms with Crippen LogP contribution in [0.5, 0.6) is 0 Å². The van der Waals surface area contributed by atoms with E-state index in [9.17, 15) is 9.59 Å². The highest BCUT2D eigenvalue weighted by Gasteiger charge is 2.31. The van der Waals surface area contributed by atoms with Crippen LogP contribution in [0.1, 0.15) is 16.7 Å². The molecular formula is C24H20Cl2N4O2. The van der Waals surface area contributed by atoms with E-state index in [0.717, 1.165) is 11.1 Å². The van der Waals surface area contributed by atoms with E-state index >= 15 is 0 Å². The predicted molar refractivity (Wildman–Crippen MR) is 129 cm³/mol. The SMILES string of the molecule is Cc1ccc(NC(=O)NC2N=C(c3ccccc3)c3cc(Cl)ccc3N(C)C2=O)cc1Cl. The number of hydrogen-bond acceptors (Lipinski definition) is 3. The number of carbonyl (C=O) groups is 2. The Hall–Kier alpha value is -3.35. The largest absolute Gasteiger partial charge is 0.321 e. The van der Waals surface area contributed by atoms with Gasteiger partial charge in [0.05, 0.1) is 11.4 Å². The van der Waals surface area contributed by atoms with Crippen molar-refractivity contribution in [3.63, 3.8) is 0 Å². The van der Waals surface area contributed by atoms with Gasteiger partial charge in [-0.3, -0.25) is 4.79 Å². The summed E-state index contributed by atoms with van der Waals surface area (Å²) in [6, 6.07) is 19.3. The number of amides is 3. The highest BCUT2D eigenvalue weighted by Crippen LogP contribution is 2.30. The molecule has 32 heavy (non-hydrogen) atoms. The number of likely N-dealkylation sites (N-methyl/N-ethyl adjacent to an activating group) is 1. The summed E-state index contributed by atoms with van der Waals surface area (Å²) in [7, 11) is 1.64. The standard InChI is InChI=1S/C24H20Cl2N4O2/c1-14-8-10-17(13-19(14)26)27-24(32)29-22-23(31)30(2)20-11-9-16(25)12-18(20)21(28-22)15-6-4-3-5-7-15/h3-13,22H,1-2H3,(H2,27,29,32). The Balaban J connectivity index is 1.70. The number of aryl methyl sites for hydroxylation is 1. The van der Waals surface area contributed by atoms with Crippen LogP contribution >= 0.6 is 23.2 Å². The molecule has 6 nitrogen and oxygen atoms in total. The van der Waals surface area contributed by atoms with Crippen LogP contribution in [-0.2, 0) is 4.79 Å². The zero-order chi connectivity index (χ0) is 22.8. The summed E-state index contributed by atoms with van der Waals surface area (Å²) in [4.78, 5) is 32.0. The molecule has 0 bridgehead atoms. The van der Waals surface area contributed by atoms with Crippen LogP contribution < -0.4 is 15.5 Å². The first kappa shape index (κ1) is 21.9. The molecule has 0 fully saturated rings. The number of rotatable bonds is 3. The topological polar surface area (TPSA) is 73.8 Å². The number of urea groups is 1. The zero-order valence-electron chi connectivity index (χ0n) is 17.4. The second-order valence-electron chi connectivity index (χ2n) is 7.37. The molecule has 1 atom stereocenters. The minimum absolute atomic E-state index is 0.378. The molecule has 0 radical (unpaired) electrons. The lowest BCUT2D eigenvalue weighted by Crippen LogP contribution is -2.47. The van der Waals surface area contributed by atoms with Crippen LogP contribution in [0.25, 0.3) is 0 Å². The fraction of sp³-hybridized carbons (Fsp3) is 0.125. The average molecular weight is 467 g/mol. The van der Waals surface area contributed by atoms with E-state index in [1.54, 1.807) is 43.4 Å². The number of fused-ring (bicyclic) bond motifs is 1. The van der Waals surface area contributed by atoms with Gasteiger partial charge < -0.3 is 15.5 Å². The first-order chi connectivity index (χ1) is 15.3. The number of aliphatic imine (C=N–C) groups is 1. The smallest absolute Gasteiger partial charge is 0.311 e. The van der Waals surface area contributed by atoms with E-state index in [4.69, 9.17) is 23.2 Å². The van der Waals surface area contributed by atoms with Crippen molar-refractivity contribution in [2.24, 2.45) is 4.99 Å². The number of halogens is 2. The van der Waals surface area contributed by atoms with Crippen molar-refractivity contribution in [2.75, 3.05) is 17.3 Å². The van der Waals surface area contributed by atoms with Gasteiger partial charge in [-0.2, -0.15) is 0 Å². The summed E-state index contributed by atoms with van der Waals surface area (Å²) in [5.74, 6) is -0.378. The third kappa shape index (κ3) is 4.47. The fourth-order valence-electron chi connectivity index (χ4n) is 3.43. The highest BCUT2D eigenvalue weighted by atomic mass is 35.5. The van der Waals surface area contributed by atoms with Crippen molar-refractivity contribution >= 4 is 52.2 Å². The molecular weight excluding hydrogens is 447 g/mol. The Morgan fingerprint density at radius 1 is 1.03 bits per heavy atom. The molecule has 0 saturated heterocycles. The quantitative estimate of drug-likeness (QED) is 0.551. The van der Waals surface area contributed by atoms with E-state index in [-0.39, 0.29) is 5.91 Å². The molecule has 1 unspecified atom stereocenters. The van der Waals surface area contributed by atoms with E-state index < -0.39 is 12.2 Å². The lowest BCUT2D eigenvalue weighted by atomic mass is 10.0. The Bertz CT molecular complexity index is 1230. The molecule has 1 heterocycles. The van der Waals surface area contributed by atoms with Crippen LogP contribution in [0, 0.1) is 6.92 Å². The van der Waals surface area contributed by atoms with Crippen molar-refractivity contribution in [1.82, 2.24) is 5.32 Å². The highest BCUT2D eigenvalue weighted by molar-refractivity contribution is 6.32. The van der Waals surface area contributed by atoms with Crippen LogP contribution in [0.15, 0.2) is 71.7 Å². The molecule has 3 aromatic rings. The molecule has 1 aliphatic heterocycles. The van der Waals surface area contributed by atoms with E-state index in [1.807, 2.05) is 37.3 Å². The number of benzodiazepines with no additional fused rings is 1. The second kappa shape index (κ2) is 9.02. The number of benzene rings is 3. The van der Waals surface area contributed by atoms with Crippen LogP contribution in [0.3, 0.4) is 0 Å². The van der Waals surface area contributed by atoms with Gasteiger partial charge in [0, 0.05) is 33.9 Å². The number of nitrogens with zero attached hydrogens (tertiary/aromatic N) is 2. The summed E-state index contributed by atoms with van der Waals surface area (Å²) in [5.41, 5.74) is 4.12. The molecule has 8 heteroatoms. The van der Waals surface area contributed by atoms with Crippen LogP contribution in [0.4, 0.5) is 16.2 Å². The van der Waals surface area contributed by atoms with Gasteiger partial charge in [0.25, 0.3) is 5.91 Å². The van der Waals surface area contributed by atoms with Gasteiger partial charge in [-0.1, -0.05) is 59.6 Å². The van der Waals surface area contributed by atoms with Crippen molar-refractivity contribution in [2.45, 2.75) is 13.1 Å². The minimum atomic E-state index is -1.14. The fourth-order valence-corrected chi connectivity index (χ4v) is 3.78. The Morgan fingerprint density at radius 3 is 2.50 bits per heavy atom. The van der Waals surface area contributed by atoms with Gasteiger partial charge in [0.2, 0.25) is 6.17 Å². The second-order valence-corrected chi connectivity index (χ2v) is 8.21. The van der Waals surface area contributed by atoms with Gasteiger partial charge in [-0.15, -0.1) is 0 Å². The lowest BCUT2D eigenvalue weighted by Gasteiger charge is -2.21. The van der Waals surface area contributed by atoms with Crippen molar-refractivity contribution < 1.29 is 9.59 Å². The molecule has 1 aliphatic rings. The molecule has 0 aliphatic carbocycles. The predicted octanol–water partition coefficient (Wildman–Crippen LogP) is 5.26. The maximum absolute atomic E-state index is 13.2. The van der Waals surface area contributed by atoms with E-state index in [1.165, 1.54) is 4.90 Å². The molecule has 3 amide bonds. The summed E-state index contributed by atoms with van der Waals surface area (Å²) in [6.45, 7) is 1.87. The normalized spacial score (nSPS) is 15.5. The van der Waals surface area contributed by atoms with E-state index in [0.29, 0.717) is 32.7 Å². The Kier molecular flexibility index (Phi) is 6.17. The Morgan fingerprint density at radius 2 is 1.78 bits per heavy atom. The number of nitrogens with one attached hydrogen (secondary N) is 2. The molecule has 0 saturated carbocycles.